The molecule has 0 saturated heterocycles. The van der Waals surface area contributed by atoms with Crippen molar-refractivity contribution in [2.45, 2.75) is 31.3 Å². The molecule has 0 spiro atoms. The number of hydrogen-bond acceptors (Lipinski definition) is 5. The molecule has 0 amide bonds. The van der Waals surface area contributed by atoms with Gasteiger partial charge in [0.1, 0.15) is 10.7 Å². The number of imidazole rings is 1. The maximum atomic E-state index is 13.0. The summed E-state index contributed by atoms with van der Waals surface area (Å²) in [6.07, 6.45) is 3.78. The van der Waals surface area contributed by atoms with E-state index in [-0.39, 0.29) is 5.56 Å². The number of nitrogens with zero attached hydrogens (tertiary/aromatic N) is 3. The first-order valence-electron chi connectivity index (χ1n) is 10.4. The highest BCUT2D eigenvalue weighted by atomic mass is 32.2. The van der Waals surface area contributed by atoms with E-state index in [1.165, 1.54) is 11.1 Å². The van der Waals surface area contributed by atoms with Gasteiger partial charge in [0.2, 0.25) is 0 Å². The monoisotopic (exact) mass is 458 g/mol. The first kappa shape index (κ1) is 20.7. The van der Waals surface area contributed by atoms with Gasteiger partial charge in [-0.25, -0.2) is 9.97 Å². The molecule has 0 aliphatic carbocycles. The molecule has 32 heavy (non-hydrogen) atoms. The molecule has 3 aromatic heterocycles. The van der Waals surface area contributed by atoms with Gasteiger partial charge in [-0.05, 0) is 25.0 Å². The van der Waals surface area contributed by atoms with E-state index in [0.29, 0.717) is 17.0 Å². The Kier molecular flexibility index (Phi) is 5.68. The highest BCUT2D eigenvalue weighted by molar-refractivity contribution is 7.98. The zero-order chi connectivity index (χ0) is 22.1. The second-order valence-electron chi connectivity index (χ2n) is 7.70. The molecule has 0 saturated carbocycles. The number of benzene rings is 2. The molecule has 0 unspecified atom stereocenters. The summed E-state index contributed by atoms with van der Waals surface area (Å²) in [5.41, 5.74) is 4.37. The Morgan fingerprint density at radius 2 is 1.84 bits per heavy atom. The Labute approximate surface area is 194 Å². The molecule has 160 valence electrons. The maximum absolute atomic E-state index is 13.0. The summed E-state index contributed by atoms with van der Waals surface area (Å²) in [4.78, 5) is 27.2. The molecular formula is C25H22N4OS2. The van der Waals surface area contributed by atoms with Crippen molar-refractivity contribution in [3.63, 3.8) is 0 Å². The standard InChI is InChI=1S/C25H22N4OS2/c1-16-8-10-19(11-9-16)21-17(2)32-24-22(21)23(30)27-20(28-24)15-31-25-26-12-13-29(25)14-18-6-4-3-5-7-18/h3-13H,14-15H2,1-2H3,(H,27,28,30). The molecule has 0 atom stereocenters. The van der Waals surface area contributed by atoms with Crippen molar-refractivity contribution in [1.29, 1.82) is 0 Å². The molecule has 1 N–H and O–H groups in total. The van der Waals surface area contributed by atoms with E-state index in [9.17, 15) is 4.79 Å². The third-order valence-electron chi connectivity index (χ3n) is 5.34. The molecule has 0 bridgehead atoms. The molecule has 0 aliphatic rings. The summed E-state index contributed by atoms with van der Waals surface area (Å²) in [6.45, 7) is 4.87. The fraction of sp³-hybridized carbons (Fsp3) is 0.160. The van der Waals surface area contributed by atoms with Crippen molar-refractivity contribution < 1.29 is 0 Å². The minimum atomic E-state index is -0.0850. The van der Waals surface area contributed by atoms with E-state index < -0.39 is 0 Å². The van der Waals surface area contributed by atoms with Crippen LogP contribution in [0.1, 0.15) is 21.8 Å². The van der Waals surface area contributed by atoms with Crippen LogP contribution in [0.5, 0.6) is 0 Å². The fourth-order valence-corrected chi connectivity index (χ4v) is 5.66. The number of aromatic nitrogens is 4. The van der Waals surface area contributed by atoms with Gasteiger partial charge in [0, 0.05) is 29.4 Å². The van der Waals surface area contributed by atoms with Crippen molar-refractivity contribution in [2.24, 2.45) is 0 Å². The SMILES string of the molecule is Cc1ccc(-c2c(C)sc3nc(CSc4nccn4Cc4ccccc4)[nH]c(=O)c23)cc1. The number of thiophene rings is 1. The average molecular weight is 459 g/mol. The Balaban J connectivity index is 1.41. The Hall–Kier alpha value is -3.16. The Bertz CT molecular complexity index is 1430. The summed E-state index contributed by atoms with van der Waals surface area (Å²) in [6, 6.07) is 18.6. The highest BCUT2D eigenvalue weighted by Crippen LogP contribution is 2.35. The minimum Gasteiger partial charge on any atom is -0.322 e. The van der Waals surface area contributed by atoms with Crippen LogP contribution < -0.4 is 5.56 Å². The van der Waals surface area contributed by atoms with Gasteiger partial charge in [-0.15, -0.1) is 11.3 Å². The number of fused-ring (bicyclic) bond motifs is 1. The predicted octanol–water partition coefficient (Wildman–Crippen LogP) is 5.81. The smallest absolute Gasteiger partial charge is 0.260 e. The molecule has 0 aliphatic heterocycles. The third kappa shape index (κ3) is 4.13. The van der Waals surface area contributed by atoms with Crippen molar-refractivity contribution in [3.05, 3.63) is 99.2 Å². The largest absolute Gasteiger partial charge is 0.322 e. The summed E-state index contributed by atoms with van der Waals surface area (Å²) >= 11 is 3.15. The summed E-state index contributed by atoms with van der Waals surface area (Å²) in [7, 11) is 0. The van der Waals surface area contributed by atoms with Crippen LogP contribution in [-0.4, -0.2) is 19.5 Å². The summed E-state index contributed by atoms with van der Waals surface area (Å²) in [5.74, 6) is 1.21. The van der Waals surface area contributed by atoms with Crippen molar-refractivity contribution in [2.75, 3.05) is 0 Å². The zero-order valence-corrected chi connectivity index (χ0v) is 19.5. The zero-order valence-electron chi connectivity index (χ0n) is 17.8. The van der Waals surface area contributed by atoms with Crippen LogP contribution >= 0.6 is 23.1 Å². The van der Waals surface area contributed by atoms with E-state index in [4.69, 9.17) is 4.98 Å². The number of aryl methyl sites for hydroxylation is 2. The van der Waals surface area contributed by atoms with Gasteiger partial charge in [0.25, 0.3) is 5.56 Å². The molecule has 5 nitrogen and oxygen atoms in total. The number of rotatable bonds is 6. The molecule has 0 radical (unpaired) electrons. The van der Waals surface area contributed by atoms with Crippen molar-refractivity contribution in [3.8, 4) is 11.1 Å². The first-order valence-corrected chi connectivity index (χ1v) is 12.2. The van der Waals surface area contributed by atoms with Crippen LogP contribution in [0.3, 0.4) is 0 Å². The normalized spacial score (nSPS) is 11.3. The quantitative estimate of drug-likeness (QED) is 0.326. The number of aromatic amines is 1. The van der Waals surface area contributed by atoms with Gasteiger partial charge in [-0.3, -0.25) is 4.79 Å². The van der Waals surface area contributed by atoms with Crippen LogP contribution in [0, 0.1) is 13.8 Å². The van der Waals surface area contributed by atoms with Gasteiger partial charge in [0.05, 0.1) is 11.1 Å². The van der Waals surface area contributed by atoms with E-state index in [1.807, 2.05) is 24.4 Å². The topological polar surface area (TPSA) is 63.6 Å². The molecule has 2 aromatic carbocycles. The number of hydrogen-bond donors (Lipinski definition) is 1. The van der Waals surface area contributed by atoms with Gasteiger partial charge in [0.15, 0.2) is 5.16 Å². The Morgan fingerprint density at radius 3 is 2.62 bits per heavy atom. The second kappa shape index (κ2) is 8.76. The average Bonchev–Trinajstić information content (AvgIpc) is 3.37. The summed E-state index contributed by atoms with van der Waals surface area (Å²) < 4.78 is 2.11. The van der Waals surface area contributed by atoms with Crippen LogP contribution in [0.15, 0.2) is 76.9 Å². The minimum absolute atomic E-state index is 0.0850. The van der Waals surface area contributed by atoms with E-state index >= 15 is 0 Å². The maximum Gasteiger partial charge on any atom is 0.260 e. The van der Waals surface area contributed by atoms with Crippen molar-refractivity contribution in [1.82, 2.24) is 19.5 Å². The van der Waals surface area contributed by atoms with Crippen LogP contribution in [-0.2, 0) is 12.3 Å². The van der Waals surface area contributed by atoms with Gasteiger partial charge >= 0.3 is 0 Å². The highest BCUT2D eigenvalue weighted by Gasteiger charge is 2.17. The van der Waals surface area contributed by atoms with Crippen LogP contribution in [0.2, 0.25) is 0 Å². The number of thioether (sulfide) groups is 1. The number of H-pyrrole nitrogens is 1. The Morgan fingerprint density at radius 1 is 1.06 bits per heavy atom. The molecule has 3 heterocycles. The molecule has 5 rings (SSSR count). The van der Waals surface area contributed by atoms with Crippen molar-refractivity contribution >= 4 is 33.3 Å². The van der Waals surface area contributed by atoms with E-state index in [0.717, 1.165) is 32.5 Å². The van der Waals surface area contributed by atoms with Gasteiger partial charge < -0.3 is 9.55 Å². The predicted molar refractivity (Wildman–Crippen MR) is 132 cm³/mol. The van der Waals surface area contributed by atoms with E-state index in [1.54, 1.807) is 29.3 Å². The van der Waals surface area contributed by atoms with Gasteiger partial charge in [-0.2, -0.15) is 0 Å². The van der Waals surface area contributed by atoms with Gasteiger partial charge in [-0.1, -0.05) is 71.9 Å². The molecule has 7 heteroatoms. The van der Waals surface area contributed by atoms with Crippen LogP contribution in [0.25, 0.3) is 21.3 Å². The lowest BCUT2D eigenvalue weighted by Crippen LogP contribution is -2.11. The van der Waals surface area contributed by atoms with E-state index in [2.05, 4.69) is 64.8 Å². The molecule has 0 fully saturated rings. The van der Waals surface area contributed by atoms with Crippen LogP contribution in [0.4, 0.5) is 0 Å². The third-order valence-corrected chi connectivity index (χ3v) is 7.35. The summed E-state index contributed by atoms with van der Waals surface area (Å²) in [5, 5.41) is 1.58. The second-order valence-corrected chi connectivity index (χ2v) is 9.85. The molecule has 5 aromatic rings. The number of nitrogens with one attached hydrogen (secondary N) is 1. The lowest BCUT2D eigenvalue weighted by atomic mass is 10.0. The first-order chi connectivity index (χ1) is 15.6. The molecular weight excluding hydrogens is 436 g/mol. The lowest BCUT2D eigenvalue weighted by Gasteiger charge is -2.07. The lowest BCUT2D eigenvalue weighted by molar-refractivity contribution is 0.708. The fourth-order valence-electron chi connectivity index (χ4n) is 3.77.